The molecule has 96 valence electrons. The van der Waals surface area contributed by atoms with Crippen molar-refractivity contribution in [1.29, 1.82) is 0 Å². The molecule has 0 saturated heterocycles. The molecule has 0 aromatic carbocycles. The van der Waals surface area contributed by atoms with Gasteiger partial charge in [-0.15, -0.1) is 0 Å². The van der Waals surface area contributed by atoms with Gasteiger partial charge in [0.2, 0.25) is 0 Å². The van der Waals surface area contributed by atoms with Gasteiger partial charge in [0, 0.05) is 0 Å². The lowest BCUT2D eigenvalue weighted by Crippen LogP contribution is -2.23. The predicted molar refractivity (Wildman–Crippen MR) is 73.7 cm³/mol. The number of hydrogen-bond acceptors (Lipinski definition) is 0. The molecular formula is C16H32. The third kappa shape index (κ3) is 4.89. The molecule has 0 aromatic rings. The van der Waals surface area contributed by atoms with Crippen LogP contribution in [0.5, 0.6) is 0 Å². The Morgan fingerprint density at radius 3 is 1.88 bits per heavy atom. The van der Waals surface area contributed by atoms with E-state index in [9.17, 15) is 0 Å². The van der Waals surface area contributed by atoms with Crippen LogP contribution in [0.1, 0.15) is 85.0 Å². The van der Waals surface area contributed by atoms with E-state index in [0.29, 0.717) is 0 Å². The summed E-state index contributed by atoms with van der Waals surface area (Å²) in [4.78, 5) is 0. The van der Waals surface area contributed by atoms with Gasteiger partial charge < -0.3 is 0 Å². The third-order valence-corrected chi connectivity index (χ3v) is 4.29. The average molecular weight is 224 g/mol. The highest BCUT2D eigenvalue weighted by Gasteiger charge is 2.27. The lowest BCUT2D eigenvalue weighted by atomic mass is 9.71. The van der Waals surface area contributed by atoms with Gasteiger partial charge in [-0.3, -0.25) is 0 Å². The van der Waals surface area contributed by atoms with Crippen LogP contribution in [0.3, 0.4) is 0 Å². The third-order valence-electron chi connectivity index (χ3n) is 4.29. The molecule has 2 atom stereocenters. The Kier molecular flexibility index (Phi) is 7.16. The summed E-state index contributed by atoms with van der Waals surface area (Å²) < 4.78 is 0. The van der Waals surface area contributed by atoms with E-state index in [1.807, 2.05) is 0 Å². The smallest absolute Gasteiger partial charge is 0.0383 e. The van der Waals surface area contributed by atoms with Crippen LogP contribution in [0.15, 0.2) is 0 Å². The Morgan fingerprint density at radius 2 is 1.31 bits per heavy atom. The molecule has 0 aromatic heterocycles. The Morgan fingerprint density at radius 1 is 0.750 bits per heavy atom. The largest absolute Gasteiger partial charge is 0.0656 e. The van der Waals surface area contributed by atoms with E-state index in [1.165, 1.54) is 38.5 Å². The molecule has 16 heavy (non-hydrogen) atoms. The highest BCUT2D eigenvalue weighted by molar-refractivity contribution is 4.78. The Bertz CT molecular complexity index is 155. The van der Waals surface area contributed by atoms with E-state index < -0.39 is 0 Å². The molecule has 0 N–H and O–H groups in total. The van der Waals surface area contributed by atoms with E-state index >= 15 is 0 Å². The summed E-state index contributed by atoms with van der Waals surface area (Å²) in [7, 11) is 0. The molecule has 0 heteroatoms. The minimum Gasteiger partial charge on any atom is -0.0656 e. The van der Waals surface area contributed by atoms with Gasteiger partial charge in [-0.1, -0.05) is 78.6 Å². The molecule has 0 radical (unpaired) electrons. The topological polar surface area (TPSA) is 0 Å². The zero-order valence-corrected chi connectivity index (χ0v) is 11.8. The maximum atomic E-state index is 2.45. The second-order valence-electron chi connectivity index (χ2n) is 6.14. The minimum absolute atomic E-state index is 1.03. The highest BCUT2D eigenvalue weighted by Crippen LogP contribution is 2.39. The molecule has 2 fully saturated rings. The van der Waals surface area contributed by atoms with Crippen molar-refractivity contribution in [3.63, 3.8) is 0 Å². The van der Waals surface area contributed by atoms with Gasteiger partial charge in [0.1, 0.15) is 0 Å². The maximum Gasteiger partial charge on any atom is -0.0383 e. The maximum absolute atomic E-state index is 2.45. The number of rotatable bonds is 1. The molecule has 2 unspecified atom stereocenters. The van der Waals surface area contributed by atoms with Gasteiger partial charge in [-0.25, -0.2) is 0 Å². The lowest BCUT2D eigenvalue weighted by Gasteiger charge is -2.35. The zero-order valence-electron chi connectivity index (χ0n) is 11.8. The van der Waals surface area contributed by atoms with Crippen molar-refractivity contribution < 1.29 is 0 Å². The molecule has 0 heterocycles. The zero-order chi connectivity index (χ0) is 11.8. The summed E-state index contributed by atoms with van der Waals surface area (Å²) in [6, 6.07) is 0. The molecule has 2 aliphatic rings. The molecular weight excluding hydrogens is 192 g/mol. The summed E-state index contributed by atoms with van der Waals surface area (Å²) in [5.41, 5.74) is 0. The molecule has 2 rings (SSSR count). The van der Waals surface area contributed by atoms with Crippen LogP contribution in [0.4, 0.5) is 0 Å². The van der Waals surface area contributed by atoms with Crippen LogP contribution >= 0.6 is 0 Å². The van der Waals surface area contributed by atoms with Gasteiger partial charge in [-0.05, 0) is 24.2 Å². The standard InChI is InChI=1S/C13H24.C3H8/c1-11-6-5-9-13(10-11)12-7-3-2-4-8-12;1-3-2/h11-13H,2-10H2,1H3;3H2,1-2H3. The SMILES string of the molecule is CC1CCCC(C2CCCCC2)C1.CCC. The molecule has 0 aliphatic heterocycles. The van der Waals surface area contributed by atoms with E-state index in [1.54, 1.807) is 25.7 Å². The second-order valence-corrected chi connectivity index (χ2v) is 6.14. The van der Waals surface area contributed by atoms with Crippen molar-refractivity contribution in [2.24, 2.45) is 17.8 Å². The monoisotopic (exact) mass is 224 g/mol. The van der Waals surface area contributed by atoms with Crippen molar-refractivity contribution >= 4 is 0 Å². The predicted octanol–water partition coefficient (Wildman–Crippen LogP) is 5.81. The first-order valence-electron chi connectivity index (χ1n) is 7.77. The van der Waals surface area contributed by atoms with Crippen molar-refractivity contribution in [2.75, 3.05) is 0 Å². The summed E-state index contributed by atoms with van der Waals surface area (Å²) in [6.45, 7) is 6.70. The van der Waals surface area contributed by atoms with E-state index in [0.717, 1.165) is 17.8 Å². The van der Waals surface area contributed by atoms with Crippen LogP contribution in [0, 0.1) is 17.8 Å². The first-order valence-corrected chi connectivity index (χ1v) is 7.77. The molecule has 0 bridgehead atoms. The summed E-state index contributed by atoms with van der Waals surface area (Å²) >= 11 is 0. The van der Waals surface area contributed by atoms with Crippen LogP contribution in [-0.4, -0.2) is 0 Å². The first-order chi connectivity index (χ1) is 7.77. The van der Waals surface area contributed by atoms with Crippen molar-refractivity contribution in [2.45, 2.75) is 85.0 Å². The van der Waals surface area contributed by atoms with E-state index in [2.05, 4.69) is 20.8 Å². The van der Waals surface area contributed by atoms with Gasteiger partial charge in [-0.2, -0.15) is 0 Å². The minimum atomic E-state index is 1.03. The van der Waals surface area contributed by atoms with Crippen LogP contribution in [0.25, 0.3) is 0 Å². The van der Waals surface area contributed by atoms with Crippen molar-refractivity contribution in [3.8, 4) is 0 Å². The molecule has 2 saturated carbocycles. The Hall–Kier alpha value is 0. The van der Waals surface area contributed by atoms with Gasteiger partial charge in [0.25, 0.3) is 0 Å². The van der Waals surface area contributed by atoms with Gasteiger partial charge >= 0.3 is 0 Å². The quantitative estimate of drug-likeness (QED) is 0.527. The molecule has 0 nitrogen and oxygen atoms in total. The van der Waals surface area contributed by atoms with Crippen molar-refractivity contribution in [3.05, 3.63) is 0 Å². The van der Waals surface area contributed by atoms with Crippen molar-refractivity contribution in [1.82, 2.24) is 0 Å². The highest BCUT2D eigenvalue weighted by atomic mass is 14.3. The van der Waals surface area contributed by atoms with Crippen LogP contribution in [0.2, 0.25) is 0 Å². The molecule has 0 amide bonds. The second kappa shape index (κ2) is 8.14. The summed E-state index contributed by atoms with van der Waals surface area (Å²) in [5.74, 6) is 3.27. The summed E-state index contributed by atoms with van der Waals surface area (Å²) in [6.07, 6.45) is 15.0. The fraction of sp³-hybridized carbons (Fsp3) is 1.00. The molecule has 2 aliphatic carbocycles. The first kappa shape index (κ1) is 14.1. The normalized spacial score (nSPS) is 31.7. The average Bonchev–Trinajstić information content (AvgIpc) is 2.31. The lowest BCUT2D eigenvalue weighted by molar-refractivity contribution is 0.166. The van der Waals surface area contributed by atoms with Crippen LogP contribution < -0.4 is 0 Å². The van der Waals surface area contributed by atoms with Crippen LogP contribution in [-0.2, 0) is 0 Å². The summed E-state index contributed by atoms with van der Waals surface area (Å²) in [5, 5.41) is 0. The Balaban J connectivity index is 0.000000386. The fourth-order valence-electron chi connectivity index (χ4n) is 3.51. The fourth-order valence-corrected chi connectivity index (χ4v) is 3.51. The molecule has 0 spiro atoms. The van der Waals surface area contributed by atoms with E-state index in [4.69, 9.17) is 0 Å². The Labute approximate surface area is 103 Å². The van der Waals surface area contributed by atoms with Gasteiger partial charge in [0.05, 0.1) is 0 Å². The number of hydrogen-bond donors (Lipinski definition) is 0. The van der Waals surface area contributed by atoms with Gasteiger partial charge in [0.15, 0.2) is 0 Å². The van der Waals surface area contributed by atoms with E-state index in [-0.39, 0.29) is 0 Å².